The highest BCUT2D eigenvalue weighted by molar-refractivity contribution is 5.81. The number of carbonyl (C=O) groups excluding carboxylic acids is 1. The summed E-state index contributed by atoms with van der Waals surface area (Å²) >= 11 is 0. The Morgan fingerprint density at radius 1 is 1.60 bits per heavy atom. The second-order valence-corrected chi connectivity index (χ2v) is 3.72. The van der Waals surface area contributed by atoms with Crippen LogP contribution >= 0.6 is 0 Å². The predicted molar refractivity (Wildman–Crippen MR) is 58.2 cm³/mol. The SMILES string of the molecule is CC[C@H](N)C(=O)N(C)Cc1ccc(C)o1. The highest BCUT2D eigenvalue weighted by Gasteiger charge is 2.16. The molecular weight excluding hydrogens is 192 g/mol. The minimum Gasteiger partial charge on any atom is -0.464 e. The summed E-state index contributed by atoms with van der Waals surface area (Å²) in [4.78, 5) is 13.2. The molecule has 0 radical (unpaired) electrons. The number of carbonyl (C=O) groups is 1. The van der Waals surface area contributed by atoms with Crippen molar-refractivity contribution in [2.24, 2.45) is 5.73 Å². The van der Waals surface area contributed by atoms with Gasteiger partial charge in [0.2, 0.25) is 5.91 Å². The Morgan fingerprint density at radius 2 is 2.27 bits per heavy atom. The summed E-state index contributed by atoms with van der Waals surface area (Å²) in [6, 6.07) is 3.34. The van der Waals surface area contributed by atoms with E-state index in [-0.39, 0.29) is 5.91 Å². The summed E-state index contributed by atoms with van der Waals surface area (Å²) < 4.78 is 5.38. The molecule has 1 rings (SSSR count). The Labute approximate surface area is 90.0 Å². The van der Waals surface area contributed by atoms with E-state index in [1.165, 1.54) is 0 Å². The molecule has 0 fully saturated rings. The lowest BCUT2D eigenvalue weighted by Crippen LogP contribution is -2.40. The van der Waals surface area contributed by atoms with Crippen molar-refractivity contribution in [2.75, 3.05) is 7.05 Å². The average molecular weight is 210 g/mol. The number of likely N-dealkylation sites (N-methyl/N-ethyl adjacent to an activating group) is 1. The molecule has 1 heterocycles. The molecule has 0 aliphatic rings. The molecule has 1 amide bonds. The number of aryl methyl sites for hydroxylation is 1. The van der Waals surface area contributed by atoms with Gasteiger partial charge in [0.05, 0.1) is 12.6 Å². The van der Waals surface area contributed by atoms with Gasteiger partial charge in [0.25, 0.3) is 0 Å². The third-order valence-corrected chi connectivity index (χ3v) is 2.32. The smallest absolute Gasteiger partial charge is 0.239 e. The van der Waals surface area contributed by atoms with E-state index >= 15 is 0 Å². The van der Waals surface area contributed by atoms with Crippen molar-refractivity contribution < 1.29 is 9.21 Å². The van der Waals surface area contributed by atoms with Crippen LogP contribution < -0.4 is 5.73 Å². The van der Waals surface area contributed by atoms with E-state index in [0.29, 0.717) is 13.0 Å². The van der Waals surface area contributed by atoms with Crippen LogP contribution in [0.15, 0.2) is 16.5 Å². The fourth-order valence-corrected chi connectivity index (χ4v) is 1.34. The third-order valence-electron chi connectivity index (χ3n) is 2.32. The van der Waals surface area contributed by atoms with Gasteiger partial charge in [-0.15, -0.1) is 0 Å². The van der Waals surface area contributed by atoms with Crippen LogP contribution in [0.2, 0.25) is 0 Å². The normalized spacial score (nSPS) is 12.5. The average Bonchev–Trinajstić information content (AvgIpc) is 2.61. The largest absolute Gasteiger partial charge is 0.464 e. The van der Waals surface area contributed by atoms with Gasteiger partial charge in [-0.3, -0.25) is 4.79 Å². The molecule has 0 spiro atoms. The molecule has 1 atom stereocenters. The Balaban J connectivity index is 2.55. The molecule has 0 aromatic carbocycles. The van der Waals surface area contributed by atoms with E-state index in [0.717, 1.165) is 11.5 Å². The summed E-state index contributed by atoms with van der Waals surface area (Å²) in [7, 11) is 1.73. The molecule has 15 heavy (non-hydrogen) atoms. The van der Waals surface area contributed by atoms with Gasteiger partial charge in [0.15, 0.2) is 0 Å². The fourth-order valence-electron chi connectivity index (χ4n) is 1.34. The first kappa shape index (κ1) is 11.8. The zero-order valence-corrected chi connectivity index (χ0v) is 9.49. The number of amides is 1. The molecule has 2 N–H and O–H groups in total. The van der Waals surface area contributed by atoms with Crippen LogP contribution in [0.3, 0.4) is 0 Å². The Bertz CT molecular complexity index is 333. The maximum atomic E-state index is 11.6. The lowest BCUT2D eigenvalue weighted by atomic mass is 10.2. The molecule has 0 aliphatic carbocycles. The molecule has 1 aromatic heterocycles. The van der Waals surface area contributed by atoms with E-state index in [9.17, 15) is 4.79 Å². The molecular formula is C11H18N2O2. The van der Waals surface area contributed by atoms with Crippen molar-refractivity contribution in [3.63, 3.8) is 0 Å². The molecule has 0 aliphatic heterocycles. The highest BCUT2D eigenvalue weighted by atomic mass is 16.3. The summed E-state index contributed by atoms with van der Waals surface area (Å²) in [6.07, 6.45) is 0.653. The summed E-state index contributed by atoms with van der Waals surface area (Å²) in [5.74, 6) is 1.59. The van der Waals surface area contributed by atoms with Crippen molar-refractivity contribution in [3.8, 4) is 0 Å². The van der Waals surface area contributed by atoms with Crippen molar-refractivity contribution in [1.82, 2.24) is 4.90 Å². The van der Waals surface area contributed by atoms with Gasteiger partial charge in [0, 0.05) is 7.05 Å². The Hall–Kier alpha value is -1.29. The molecule has 1 aromatic rings. The van der Waals surface area contributed by atoms with Crippen LogP contribution in [-0.4, -0.2) is 23.9 Å². The number of nitrogens with two attached hydrogens (primary N) is 1. The minimum atomic E-state index is -0.411. The van der Waals surface area contributed by atoms with Crippen molar-refractivity contribution in [1.29, 1.82) is 0 Å². The highest BCUT2D eigenvalue weighted by Crippen LogP contribution is 2.09. The van der Waals surface area contributed by atoms with Crippen LogP contribution in [0.25, 0.3) is 0 Å². The molecule has 84 valence electrons. The van der Waals surface area contributed by atoms with E-state index in [1.807, 2.05) is 26.0 Å². The van der Waals surface area contributed by atoms with E-state index < -0.39 is 6.04 Å². The molecule has 0 bridgehead atoms. The van der Waals surface area contributed by atoms with Crippen LogP contribution in [0.1, 0.15) is 24.9 Å². The molecule has 0 saturated carbocycles. The molecule has 0 saturated heterocycles. The van der Waals surface area contributed by atoms with Gasteiger partial charge in [-0.2, -0.15) is 0 Å². The summed E-state index contributed by atoms with van der Waals surface area (Å²) in [5.41, 5.74) is 5.65. The van der Waals surface area contributed by atoms with Crippen LogP contribution in [0.4, 0.5) is 0 Å². The first-order valence-electron chi connectivity index (χ1n) is 5.10. The maximum absolute atomic E-state index is 11.6. The first-order chi connectivity index (χ1) is 7.04. The number of hydrogen-bond donors (Lipinski definition) is 1. The third kappa shape index (κ3) is 3.09. The van der Waals surface area contributed by atoms with Crippen molar-refractivity contribution in [3.05, 3.63) is 23.7 Å². The lowest BCUT2D eigenvalue weighted by molar-refractivity contribution is -0.132. The van der Waals surface area contributed by atoms with Gasteiger partial charge in [-0.1, -0.05) is 6.92 Å². The number of nitrogens with zero attached hydrogens (tertiary/aromatic N) is 1. The van der Waals surface area contributed by atoms with Crippen LogP contribution in [-0.2, 0) is 11.3 Å². The van der Waals surface area contributed by atoms with E-state index in [2.05, 4.69) is 0 Å². The zero-order valence-electron chi connectivity index (χ0n) is 9.49. The number of furan rings is 1. The quantitative estimate of drug-likeness (QED) is 0.814. The number of hydrogen-bond acceptors (Lipinski definition) is 3. The van der Waals surface area contributed by atoms with Gasteiger partial charge in [0.1, 0.15) is 11.5 Å². The first-order valence-corrected chi connectivity index (χ1v) is 5.10. The minimum absolute atomic E-state index is 0.0495. The standard InChI is InChI=1S/C11H18N2O2/c1-4-10(12)11(14)13(3)7-9-6-5-8(2)15-9/h5-6,10H,4,7,12H2,1-3H3/t10-/m0/s1. The predicted octanol–water partition coefficient (Wildman–Crippen LogP) is 1.28. The van der Waals surface area contributed by atoms with E-state index in [4.69, 9.17) is 10.2 Å². The summed E-state index contributed by atoms with van der Waals surface area (Å²) in [6.45, 7) is 4.25. The molecule has 4 heteroatoms. The van der Waals surface area contributed by atoms with Crippen molar-refractivity contribution in [2.45, 2.75) is 32.9 Å². The van der Waals surface area contributed by atoms with E-state index in [1.54, 1.807) is 11.9 Å². The second kappa shape index (κ2) is 4.98. The van der Waals surface area contributed by atoms with Crippen LogP contribution in [0.5, 0.6) is 0 Å². The van der Waals surface area contributed by atoms with Gasteiger partial charge in [-0.05, 0) is 25.5 Å². The molecule has 4 nitrogen and oxygen atoms in total. The van der Waals surface area contributed by atoms with Crippen LogP contribution in [0, 0.1) is 6.92 Å². The lowest BCUT2D eigenvalue weighted by Gasteiger charge is -2.19. The Morgan fingerprint density at radius 3 is 2.73 bits per heavy atom. The Kier molecular flexibility index (Phi) is 3.91. The monoisotopic (exact) mass is 210 g/mol. The topological polar surface area (TPSA) is 59.5 Å². The fraction of sp³-hybridized carbons (Fsp3) is 0.545. The van der Waals surface area contributed by atoms with Gasteiger partial charge in [-0.25, -0.2) is 0 Å². The maximum Gasteiger partial charge on any atom is 0.239 e. The van der Waals surface area contributed by atoms with Crippen molar-refractivity contribution >= 4 is 5.91 Å². The second-order valence-electron chi connectivity index (χ2n) is 3.72. The zero-order chi connectivity index (χ0) is 11.4. The molecule has 0 unspecified atom stereocenters. The summed E-state index contributed by atoms with van der Waals surface area (Å²) in [5, 5.41) is 0. The number of rotatable bonds is 4. The van der Waals surface area contributed by atoms with Gasteiger partial charge < -0.3 is 15.1 Å². The van der Waals surface area contributed by atoms with Gasteiger partial charge >= 0.3 is 0 Å².